The highest BCUT2D eigenvalue weighted by Crippen LogP contribution is 2.23. The van der Waals surface area contributed by atoms with Crippen molar-refractivity contribution in [2.45, 2.75) is 13.5 Å². The van der Waals surface area contributed by atoms with E-state index in [1.165, 1.54) is 5.56 Å². The topological polar surface area (TPSA) is 25.2 Å². The summed E-state index contributed by atoms with van der Waals surface area (Å²) >= 11 is 3.51. The van der Waals surface area contributed by atoms with E-state index in [1.54, 1.807) is 12.5 Å². The molecule has 2 rings (SSSR count). The number of anilines is 1. The van der Waals surface area contributed by atoms with E-state index in [9.17, 15) is 0 Å². The zero-order valence-electron chi connectivity index (χ0n) is 8.46. The van der Waals surface area contributed by atoms with E-state index in [4.69, 9.17) is 4.42 Å². The Morgan fingerprint density at radius 1 is 1.33 bits per heavy atom. The van der Waals surface area contributed by atoms with Crippen molar-refractivity contribution in [3.63, 3.8) is 0 Å². The summed E-state index contributed by atoms with van der Waals surface area (Å²) in [6.45, 7) is 2.87. The van der Waals surface area contributed by atoms with E-state index in [2.05, 4.69) is 34.2 Å². The van der Waals surface area contributed by atoms with Crippen molar-refractivity contribution in [1.82, 2.24) is 0 Å². The fourth-order valence-corrected chi connectivity index (χ4v) is 1.76. The van der Waals surface area contributed by atoms with Crippen molar-refractivity contribution in [1.29, 1.82) is 0 Å². The Labute approximate surface area is 97.4 Å². The van der Waals surface area contributed by atoms with Gasteiger partial charge in [-0.1, -0.05) is 22.0 Å². The summed E-state index contributed by atoms with van der Waals surface area (Å²) in [5.41, 5.74) is 3.51. The zero-order valence-corrected chi connectivity index (χ0v) is 10.0. The van der Waals surface area contributed by atoms with Crippen LogP contribution in [0.5, 0.6) is 0 Å². The lowest BCUT2D eigenvalue weighted by molar-refractivity contribution is 0.564. The second-order valence-electron chi connectivity index (χ2n) is 3.40. The third-order valence-electron chi connectivity index (χ3n) is 2.33. The zero-order chi connectivity index (χ0) is 10.7. The predicted octanol–water partition coefficient (Wildman–Crippen LogP) is 3.96. The first-order valence-corrected chi connectivity index (χ1v) is 5.57. The monoisotopic (exact) mass is 265 g/mol. The molecule has 0 fully saturated rings. The van der Waals surface area contributed by atoms with E-state index < -0.39 is 0 Å². The summed E-state index contributed by atoms with van der Waals surface area (Å²) in [5.74, 6) is 0. The lowest BCUT2D eigenvalue weighted by Crippen LogP contribution is -1.99. The predicted molar refractivity (Wildman–Crippen MR) is 64.9 cm³/mol. The highest BCUT2D eigenvalue weighted by molar-refractivity contribution is 9.10. The first-order chi connectivity index (χ1) is 7.27. The van der Waals surface area contributed by atoms with Crippen molar-refractivity contribution in [2.24, 2.45) is 0 Å². The molecule has 0 spiro atoms. The molecule has 0 bridgehead atoms. The molecule has 1 aromatic heterocycles. The molecule has 0 aliphatic carbocycles. The van der Waals surface area contributed by atoms with Crippen LogP contribution in [0.15, 0.2) is 45.7 Å². The fourth-order valence-electron chi connectivity index (χ4n) is 1.39. The standard InChI is InChI=1S/C12H12BrNO/c1-9-11(13)3-2-4-12(9)14-7-10-5-6-15-8-10/h2-6,8,14H,7H2,1H3. The molecule has 0 aliphatic heterocycles. The number of rotatable bonds is 3. The summed E-state index contributed by atoms with van der Waals surface area (Å²) in [5, 5.41) is 3.37. The summed E-state index contributed by atoms with van der Waals surface area (Å²) in [6.07, 6.45) is 3.44. The van der Waals surface area contributed by atoms with Gasteiger partial charge < -0.3 is 9.73 Å². The molecule has 2 aromatic rings. The average Bonchev–Trinajstić information content (AvgIpc) is 2.73. The molecule has 0 unspecified atom stereocenters. The molecule has 3 heteroatoms. The van der Waals surface area contributed by atoms with Crippen LogP contribution in [0.1, 0.15) is 11.1 Å². The van der Waals surface area contributed by atoms with Gasteiger partial charge in [0.15, 0.2) is 0 Å². The van der Waals surface area contributed by atoms with Crippen LogP contribution in [-0.2, 0) is 6.54 Å². The maximum atomic E-state index is 5.01. The van der Waals surface area contributed by atoms with Gasteiger partial charge in [0.25, 0.3) is 0 Å². The Morgan fingerprint density at radius 2 is 2.20 bits per heavy atom. The van der Waals surface area contributed by atoms with E-state index in [0.717, 1.165) is 22.3 Å². The lowest BCUT2D eigenvalue weighted by Gasteiger charge is -2.09. The third kappa shape index (κ3) is 2.42. The summed E-state index contributed by atoms with van der Waals surface area (Å²) < 4.78 is 6.13. The number of benzene rings is 1. The quantitative estimate of drug-likeness (QED) is 0.909. The minimum absolute atomic E-state index is 0.786. The Morgan fingerprint density at radius 3 is 2.93 bits per heavy atom. The van der Waals surface area contributed by atoms with Crippen molar-refractivity contribution in [3.05, 3.63) is 52.4 Å². The van der Waals surface area contributed by atoms with Gasteiger partial charge >= 0.3 is 0 Å². The van der Waals surface area contributed by atoms with Crippen LogP contribution in [0.25, 0.3) is 0 Å². The number of furan rings is 1. The summed E-state index contributed by atoms with van der Waals surface area (Å²) in [6, 6.07) is 8.09. The van der Waals surface area contributed by atoms with Crippen LogP contribution in [-0.4, -0.2) is 0 Å². The van der Waals surface area contributed by atoms with Gasteiger partial charge in [-0.05, 0) is 30.7 Å². The summed E-state index contributed by atoms with van der Waals surface area (Å²) in [4.78, 5) is 0. The maximum Gasteiger partial charge on any atom is 0.0952 e. The molecule has 2 nitrogen and oxygen atoms in total. The Balaban J connectivity index is 2.08. The van der Waals surface area contributed by atoms with Crippen molar-refractivity contribution < 1.29 is 4.42 Å². The molecular formula is C12H12BrNO. The molecule has 0 saturated heterocycles. The molecule has 0 aliphatic rings. The van der Waals surface area contributed by atoms with E-state index in [-0.39, 0.29) is 0 Å². The van der Waals surface area contributed by atoms with Gasteiger partial charge in [0.05, 0.1) is 12.5 Å². The van der Waals surface area contributed by atoms with Gasteiger partial charge in [0.2, 0.25) is 0 Å². The molecule has 1 aromatic carbocycles. The molecular weight excluding hydrogens is 254 g/mol. The minimum atomic E-state index is 0.786. The van der Waals surface area contributed by atoms with E-state index in [0.29, 0.717) is 0 Å². The largest absolute Gasteiger partial charge is 0.472 e. The lowest BCUT2D eigenvalue weighted by atomic mass is 10.2. The molecule has 78 valence electrons. The van der Waals surface area contributed by atoms with Crippen molar-refractivity contribution in [3.8, 4) is 0 Å². The van der Waals surface area contributed by atoms with Gasteiger partial charge in [-0.3, -0.25) is 0 Å². The second kappa shape index (κ2) is 4.53. The Kier molecular flexibility index (Phi) is 3.11. The number of hydrogen-bond donors (Lipinski definition) is 1. The number of nitrogens with one attached hydrogen (secondary N) is 1. The molecule has 0 amide bonds. The highest BCUT2D eigenvalue weighted by atomic mass is 79.9. The smallest absolute Gasteiger partial charge is 0.0952 e. The van der Waals surface area contributed by atoms with Crippen LogP contribution in [0, 0.1) is 6.92 Å². The van der Waals surface area contributed by atoms with Gasteiger partial charge in [0.1, 0.15) is 0 Å². The number of halogens is 1. The first kappa shape index (κ1) is 10.3. The van der Waals surface area contributed by atoms with Gasteiger partial charge in [-0.2, -0.15) is 0 Å². The van der Waals surface area contributed by atoms with E-state index >= 15 is 0 Å². The highest BCUT2D eigenvalue weighted by Gasteiger charge is 2.01. The molecule has 1 N–H and O–H groups in total. The van der Waals surface area contributed by atoms with E-state index in [1.807, 2.05) is 18.2 Å². The van der Waals surface area contributed by atoms with Crippen LogP contribution in [0.4, 0.5) is 5.69 Å². The third-order valence-corrected chi connectivity index (χ3v) is 3.19. The fraction of sp³-hybridized carbons (Fsp3) is 0.167. The molecule has 0 atom stereocenters. The Hall–Kier alpha value is -1.22. The van der Waals surface area contributed by atoms with Gasteiger partial charge in [-0.25, -0.2) is 0 Å². The van der Waals surface area contributed by atoms with Crippen LogP contribution >= 0.6 is 15.9 Å². The summed E-state index contributed by atoms with van der Waals surface area (Å²) in [7, 11) is 0. The van der Waals surface area contributed by atoms with Crippen LogP contribution in [0.2, 0.25) is 0 Å². The maximum absolute atomic E-state index is 5.01. The molecule has 0 radical (unpaired) electrons. The Bertz CT molecular complexity index is 437. The molecule has 1 heterocycles. The van der Waals surface area contributed by atoms with Crippen molar-refractivity contribution >= 4 is 21.6 Å². The van der Waals surface area contributed by atoms with Crippen LogP contribution < -0.4 is 5.32 Å². The molecule has 0 saturated carbocycles. The second-order valence-corrected chi connectivity index (χ2v) is 4.25. The molecule has 15 heavy (non-hydrogen) atoms. The van der Waals surface area contributed by atoms with Crippen LogP contribution in [0.3, 0.4) is 0 Å². The first-order valence-electron chi connectivity index (χ1n) is 4.77. The SMILES string of the molecule is Cc1c(Br)cccc1NCc1ccoc1. The normalized spacial score (nSPS) is 10.3. The number of hydrogen-bond acceptors (Lipinski definition) is 2. The average molecular weight is 266 g/mol. The van der Waals surface area contributed by atoms with Gasteiger partial charge in [-0.15, -0.1) is 0 Å². The minimum Gasteiger partial charge on any atom is -0.472 e. The van der Waals surface area contributed by atoms with Gasteiger partial charge in [0, 0.05) is 22.3 Å². The van der Waals surface area contributed by atoms with Crippen molar-refractivity contribution in [2.75, 3.05) is 5.32 Å².